The third-order valence-electron chi connectivity index (χ3n) is 4.60. The van der Waals surface area contributed by atoms with Gasteiger partial charge in [0.1, 0.15) is 5.56 Å². The molecule has 156 valence electrons. The van der Waals surface area contributed by atoms with E-state index in [0.29, 0.717) is 5.02 Å². The quantitative estimate of drug-likeness (QED) is 0.444. The number of aromatic amines is 1. The van der Waals surface area contributed by atoms with Crippen LogP contribution in [0.5, 0.6) is 0 Å². The van der Waals surface area contributed by atoms with Gasteiger partial charge in [0, 0.05) is 22.3 Å². The van der Waals surface area contributed by atoms with Crippen LogP contribution < -0.4 is 5.56 Å². The Bertz CT molecular complexity index is 1290. The smallest absolute Gasteiger partial charge is 0.288 e. The summed E-state index contributed by atoms with van der Waals surface area (Å²) < 4.78 is 39.9. The van der Waals surface area contributed by atoms with Crippen molar-refractivity contribution in [3.63, 3.8) is 0 Å². The maximum atomic E-state index is 13.2. The highest BCUT2D eigenvalue weighted by Gasteiger charge is 2.31. The van der Waals surface area contributed by atoms with Gasteiger partial charge in [-0.1, -0.05) is 29.8 Å². The van der Waals surface area contributed by atoms with Crippen LogP contribution in [-0.4, -0.2) is 20.5 Å². The molecular weight excluding hydrogens is 431 g/mol. The number of nitrogens with zero attached hydrogens (tertiary/aromatic N) is 2. The van der Waals surface area contributed by atoms with Crippen LogP contribution in [0, 0.1) is 0 Å². The Morgan fingerprint density at radius 2 is 1.65 bits per heavy atom. The Balaban J connectivity index is 1.90. The molecule has 2 aromatic heterocycles. The zero-order valence-corrected chi connectivity index (χ0v) is 16.4. The molecule has 4 aromatic rings. The van der Waals surface area contributed by atoms with E-state index in [0.717, 1.165) is 16.8 Å². The van der Waals surface area contributed by atoms with Crippen molar-refractivity contribution in [1.29, 1.82) is 0 Å². The lowest BCUT2D eigenvalue weighted by atomic mass is 9.99. The number of H-pyrrole nitrogens is 1. The van der Waals surface area contributed by atoms with Gasteiger partial charge in [0.25, 0.3) is 5.56 Å². The zero-order chi connectivity index (χ0) is 22.2. The second-order valence-electron chi connectivity index (χ2n) is 6.60. The molecule has 5 nitrogen and oxygen atoms in total. The van der Waals surface area contributed by atoms with Crippen molar-refractivity contribution in [1.82, 2.24) is 14.8 Å². The van der Waals surface area contributed by atoms with Gasteiger partial charge in [-0.3, -0.25) is 14.7 Å². The molecule has 2 heterocycles. The van der Waals surface area contributed by atoms with Crippen LogP contribution in [-0.2, 0) is 6.18 Å². The highest BCUT2D eigenvalue weighted by atomic mass is 35.5. The van der Waals surface area contributed by atoms with E-state index < -0.39 is 23.1 Å². The summed E-state index contributed by atoms with van der Waals surface area (Å²) in [5, 5.41) is 3.23. The summed E-state index contributed by atoms with van der Waals surface area (Å²) in [6, 6.07) is 15.0. The fraction of sp³-hybridized carbons (Fsp3) is 0.0455. The van der Waals surface area contributed by atoms with E-state index in [1.807, 2.05) is 0 Å². The first-order valence-corrected chi connectivity index (χ1v) is 9.38. The molecule has 0 fully saturated rings. The lowest BCUT2D eigenvalue weighted by molar-refractivity contribution is -0.137. The summed E-state index contributed by atoms with van der Waals surface area (Å²) in [6.07, 6.45) is -3.03. The van der Waals surface area contributed by atoms with Crippen LogP contribution in [0.25, 0.3) is 17.1 Å². The Morgan fingerprint density at radius 3 is 2.23 bits per heavy atom. The molecular formula is C22H13ClF3N3O2. The van der Waals surface area contributed by atoms with Gasteiger partial charge in [0.05, 0.1) is 11.3 Å². The Morgan fingerprint density at radius 1 is 0.968 bits per heavy atom. The minimum Gasteiger partial charge on any atom is -0.288 e. The van der Waals surface area contributed by atoms with Crippen molar-refractivity contribution in [2.45, 2.75) is 6.18 Å². The molecule has 0 bridgehead atoms. The average molecular weight is 444 g/mol. The summed E-state index contributed by atoms with van der Waals surface area (Å²) in [6.45, 7) is 0. The largest absolute Gasteiger partial charge is 0.416 e. The predicted octanol–water partition coefficient (Wildman–Crippen LogP) is 5.13. The number of carbonyl (C=O) groups excluding carboxylic acids is 1. The second-order valence-corrected chi connectivity index (χ2v) is 7.04. The second kappa shape index (κ2) is 7.88. The molecule has 0 aliphatic heterocycles. The summed E-state index contributed by atoms with van der Waals surface area (Å²) in [4.78, 5) is 30.4. The van der Waals surface area contributed by atoms with E-state index >= 15 is 0 Å². The fourth-order valence-corrected chi connectivity index (χ4v) is 3.20. The van der Waals surface area contributed by atoms with Crippen LogP contribution in [0.2, 0.25) is 5.02 Å². The number of alkyl halides is 3. The van der Waals surface area contributed by atoms with Gasteiger partial charge in [-0.25, -0.2) is 9.67 Å². The van der Waals surface area contributed by atoms with Crippen molar-refractivity contribution in [2.75, 3.05) is 0 Å². The van der Waals surface area contributed by atoms with Crippen LogP contribution in [0.1, 0.15) is 21.5 Å². The number of benzene rings is 2. The molecule has 0 aliphatic rings. The lowest BCUT2D eigenvalue weighted by Gasteiger charge is -2.08. The third-order valence-corrected chi connectivity index (χ3v) is 4.86. The topological polar surface area (TPSA) is 67.8 Å². The van der Waals surface area contributed by atoms with E-state index in [9.17, 15) is 22.8 Å². The van der Waals surface area contributed by atoms with Crippen molar-refractivity contribution < 1.29 is 18.0 Å². The SMILES string of the molecule is O=C(c1ccc(Cl)cc1)c1c(-c2ccc(C(F)(F)F)cc2)[nH]n(-c2ccccn2)c1=O. The molecule has 0 amide bonds. The summed E-state index contributed by atoms with van der Waals surface area (Å²) in [5.41, 5.74) is -1.18. The zero-order valence-electron chi connectivity index (χ0n) is 15.7. The average Bonchev–Trinajstić information content (AvgIpc) is 3.11. The molecule has 0 aliphatic carbocycles. The van der Waals surface area contributed by atoms with Gasteiger partial charge in [-0.15, -0.1) is 0 Å². The monoisotopic (exact) mass is 443 g/mol. The molecule has 2 aromatic carbocycles. The predicted molar refractivity (Wildman–Crippen MR) is 110 cm³/mol. The van der Waals surface area contributed by atoms with Crippen LogP contribution >= 0.6 is 11.6 Å². The summed E-state index contributed by atoms with van der Waals surface area (Å²) >= 11 is 5.87. The molecule has 0 saturated carbocycles. The number of rotatable bonds is 4. The lowest BCUT2D eigenvalue weighted by Crippen LogP contribution is -2.21. The minimum atomic E-state index is -4.51. The maximum absolute atomic E-state index is 13.2. The molecule has 9 heteroatoms. The summed E-state index contributed by atoms with van der Waals surface area (Å²) in [5.74, 6) is -0.363. The molecule has 0 spiro atoms. The van der Waals surface area contributed by atoms with Gasteiger partial charge in [0.2, 0.25) is 5.78 Å². The number of aromatic nitrogens is 3. The highest BCUT2D eigenvalue weighted by molar-refractivity contribution is 6.30. The summed E-state index contributed by atoms with van der Waals surface area (Å²) in [7, 11) is 0. The van der Waals surface area contributed by atoms with E-state index in [1.165, 1.54) is 42.6 Å². The Kier molecular flexibility index (Phi) is 5.24. The number of halogens is 4. The van der Waals surface area contributed by atoms with E-state index in [-0.39, 0.29) is 28.2 Å². The molecule has 31 heavy (non-hydrogen) atoms. The normalized spacial score (nSPS) is 11.5. The number of pyridine rings is 1. The van der Waals surface area contributed by atoms with E-state index in [2.05, 4.69) is 10.1 Å². The van der Waals surface area contributed by atoms with Crippen molar-refractivity contribution >= 4 is 17.4 Å². The fourth-order valence-electron chi connectivity index (χ4n) is 3.08. The number of hydrogen-bond donors (Lipinski definition) is 1. The number of hydrogen-bond acceptors (Lipinski definition) is 3. The number of nitrogens with one attached hydrogen (secondary N) is 1. The van der Waals surface area contributed by atoms with E-state index in [1.54, 1.807) is 18.2 Å². The van der Waals surface area contributed by atoms with Crippen molar-refractivity contribution in [3.05, 3.63) is 105 Å². The molecule has 0 atom stereocenters. The first-order valence-electron chi connectivity index (χ1n) is 9.00. The Labute approximate surface area is 178 Å². The van der Waals surface area contributed by atoms with Crippen LogP contribution in [0.3, 0.4) is 0 Å². The molecule has 0 radical (unpaired) electrons. The maximum Gasteiger partial charge on any atom is 0.416 e. The molecule has 0 saturated heterocycles. The third kappa shape index (κ3) is 4.02. The van der Waals surface area contributed by atoms with Gasteiger partial charge < -0.3 is 0 Å². The molecule has 4 rings (SSSR count). The first-order chi connectivity index (χ1) is 14.8. The standard InChI is InChI=1S/C22H13ClF3N3O2/c23-16-10-6-14(7-11-16)20(30)18-19(13-4-8-15(9-5-13)22(24,25)26)28-29(21(18)31)17-3-1-2-12-27-17/h1-12,28H. The van der Waals surface area contributed by atoms with Gasteiger partial charge in [-0.2, -0.15) is 13.2 Å². The Hall–Kier alpha value is -3.65. The van der Waals surface area contributed by atoms with E-state index in [4.69, 9.17) is 11.6 Å². The van der Waals surface area contributed by atoms with Gasteiger partial charge in [-0.05, 0) is 48.5 Å². The molecule has 0 unspecified atom stereocenters. The van der Waals surface area contributed by atoms with Crippen LogP contribution in [0.4, 0.5) is 13.2 Å². The molecule has 1 N–H and O–H groups in total. The highest BCUT2D eigenvalue weighted by Crippen LogP contribution is 2.31. The minimum absolute atomic E-state index is 0.0873. The van der Waals surface area contributed by atoms with Gasteiger partial charge in [0.15, 0.2) is 5.82 Å². The van der Waals surface area contributed by atoms with Crippen molar-refractivity contribution in [3.8, 4) is 17.1 Å². The van der Waals surface area contributed by atoms with Gasteiger partial charge >= 0.3 is 6.18 Å². The number of ketones is 1. The first kappa shape index (κ1) is 20.6. The van der Waals surface area contributed by atoms with Crippen molar-refractivity contribution in [2.24, 2.45) is 0 Å². The number of carbonyl (C=O) groups is 1. The van der Waals surface area contributed by atoms with Crippen LogP contribution in [0.15, 0.2) is 77.7 Å².